The minimum atomic E-state index is -0.0511. The molecule has 1 unspecified atom stereocenters. The van der Waals surface area contributed by atoms with Crippen molar-refractivity contribution in [3.8, 4) is 0 Å². The van der Waals surface area contributed by atoms with Gasteiger partial charge in [-0.3, -0.25) is 4.90 Å². The van der Waals surface area contributed by atoms with Crippen molar-refractivity contribution in [1.29, 1.82) is 0 Å². The second-order valence-electron chi connectivity index (χ2n) is 6.51. The molecule has 3 rings (SSSR count). The first-order chi connectivity index (χ1) is 10.1. The lowest BCUT2D eigenvalue weighted by Gasteiger charge is -2.34. The van der Waals surface area contributed by atoms with Crippen LogP contribution in [0.3, 0.4) is 0 Å². The number of nitrogens with zero attached hydrogens (tertiary/aromatic N) is 3. The number of hydrogen-bond donors (Lipinski definition) is 1. The van der Waals surface area contributed by atoms with Crippen molar-refractivity contribution in [2.45, 2.75) is 57.6 Å². The van der Waals surface area contributed by atoms with Gasteiger partial charge in [0.25, 0.3) is 0 Å². The summed E-state index contributed by atoms with van der Waals surface area (Å²) in [7, 11) is 0. The molecular formula is C16H26N4O. The number of anilines is 1. The molecule has 1 aromatic heterocycles. The van der Waals surface area contributed by atoms with E-state index in [1.54, 1.807) is 0 Å². The van der Waals surface area contributed by atoms with Gasteiger partial charge in [-0.05, 0) is 26.7 Å². The molecule has 0 spiro atoms. The summed E-state index contributed by atoms with van der Waals surface area (Å²) in [5.41, 5.74) is 7.12. The second-order valence-corrected chi connectivity index (χ2v) is 6.51. The van der Waals surface area contributed by atoms with E-state index >= 15 is 0 Å². The summed E-state index contributed by atoms with van der Waals surface area (Å²) < 4.78 is 5.89. The van der Waals surface area contributed by atoms with Crippen molar-refractivity contribution in [2.75, 3.05) is 25.4 Å². The van der Waals surface area contributed by atoms with Crippen molar-refractivity contribution in [2.24, 2.45) is 0 Å². The Labute approximate surface area is 126 Å². The van der Waals surface area contributed by atoms with Gasteiger partial charge in [-0.2, -0.15) is 0 Å². The molecule has 0 amide bonds. The highest BCUT2D eigenvalue weighted by Crippen LogP contribution is 2.34. The van der Waals surface area contributed by atoms with Crippen molar-refractivity contribution < 1.29 is 4.74 Å². The first-order valence-electron chi connectivity index (χ1n) is 8.13. The quantitative estimate of drug-likeness (QED) is 0.926. The zero-order valence-electron chi connectivity index (χ0n) is 13.1. The van der Waals surface area contributed by atoms with E-state index in [2.05, 4.69) is 23.7 Å². The van der Waals surface area contributed by atoms with E-state index in [1.165, 1.54) is 25.7 Å². The first-order valence-corrected chi connectivity index (χ1v) is 8.13. The highest BCUT2D eigenvalue weighted by atomic mass is 16.5. The Bertz CT molecular complexity index is 485. The van der Waals surface area contributed by atoms with Gasteiger partial charge in [-0.25, -0.2) is 9.97 Å². The molecule has 2 N–H and O–H groups in total. The van der Waals surface area contributed by atoms with E-state index in [0.717, 1.165) is 31.2 Å². The molecule has 1 saturated carbocycles. The molecule has 21 heavy (non-hydrogen) atoms. The maximum atomic E-state index is 6.01. The van der Waals surface area contributed by atoms with E-state index in [9.17, 15) is 0 Å². The molecular weight excluding hydrogens is 264 g/mol. The van der Waals surface area contributed by atoms with E-state index < -0.39 is 0 Å². The number of rotatable bonds is 3. The molecule has 1 aliphatic carbocycles. The Morgan fingerprint density at radius 3 is 2.76 bits per heavy atom. The average molecular weight is 290 g/mol. The number of ether oxygens (including phenoxy) is 1. The molecule has 0 radical (unpaired) electrons. The summed E-state index contributed by atoms with van der Waals surface area (Å²) in [6.45, 7) is 7.00. The van der Waals surface area contributed by atoms with Gasteiger partial charge in [0.05, 0.1) is 6.61 Å². The molecule has 2 heterocycles. The molecule has 1 aromatic rings. The van der Waals surface area contributed by atoms with Gasteiger partial charge < -0.3 is 10.5 Å². The molecule has 1 saturated heterocycles. The molecule has 5 heteroatoms. The van der Waals surface area contributed by atoms with Crippen molar-refractivity contribution in [3.63, 3.8) is 0 Å². The molecule has 0 aromatic carbocycles. The van der Waals surface area contributed by atoms with E-state index in [1.807, 2.05) is 6.07 Å². The molecule has 5 nitrogen and oxygen atoms in total. The Hall–Kier alpha value is -1.20. The van der Waals surface area contributed by atoms with Gasteiger partial charge in [0, 0.05) is 36.8 Å². The van der Waals surface area contributed by atoms with Crippen LogP contribution < -0.4 is 5.73 Å². The highest BCUT2D eigenvalue weighted by Gasteiger charge is 2.27. The van der Waals surface area contributed by atoms with E-state index in [4.69, 9.17) is 15.5 Å². The third-order valence-electron chi connectivity index (χ3n) is 4.67. The van der Waals surface area contributed by atoms with Crippen molar-refractivity contribution in [3.05, 3.63) is 17.6 Å². The van der Waals surface area contributed by atoms with Crippen LogP contribution >= 0.6 is 0 Å². The van der Waals surface area contributed by atoms with Gasteiger partial charge in [-0.15, -0.1) is 0 Å². The lowest BCUT2D eigenvalue weighted by Crippen LogP contribution is -2.42. The standard InChI is InChI=1S/C16H26N4O/c1-11(2)20-7-8-21-14(10-20)16-18-13(9-15(17)19-16)12-5-3-4-6-12/h9,11-12,14H,3-8,10H2,1-2H3,(H2,17,18,19). The largest absolute Gasteiger partial charge is 0.384 e. The number of aromatic nitrogens is 2. The van der Waals surface area contributed by atoms with Crippen molar-refractivity contribution >= 4 is 5.82 Å². The minimum Gasteiger partial charge on any atom is -0.384 e. The van der Waals surface area contributed by atoms with Crippen LogP contribution in [0.25, 0.3) is 0 Å². The number of hydrogen-bond acceptors (Lipinski definition) is 5. The fourth-order valence-corrected chi connectivity index (χ4v) is 3.37. The molecule has 0 bridgehead atoms. The van der Waals surface area contributed by atoms with Gasteiger partial charge in [0.15, 0.2) is 5.82 Å². The van der Waals surface area contributed by atoms with Crippen LogP contribution in [0, 0.1) is 0 Å². The smallest absolute Gasteiger partial charge is 0.161 e. The summed E-state index contributed by atoms with van der Waals surface area (Å²) >= 11 is 0. The number of nitrogen functional groups attached to an aromatic ring is 1. The van der Waals surface area contributed by atoms with E-state index in [0.29, 0.717) is 17.8 Å². The SMILES string of the molecule is CC(C)N1CCOC(c2nc(N)cc(C3CCCC3)n2)C1. The Balaban J connectivity index is 1.80. The van der Waals surface area contributed by atoms with Crippen LogP contribution in [0.15, 0.2) is 6.07 Å². The maximum Gasteiger partial charge on any atom is 0.161 e. The normalized spacial score (nSPS) is 24.8. The lowest BCUT2D eigenvalue weighted by molar-refractivity contribution is -0.0443. The molecule has 1 atom stereocenters. The molecule has 2 fully saturated rings. The van der Waals surface area contributed by atoms with Gasteiger partial charge in [0.1, 0.15) is 11.9 Å². The number of nitrogens with two attached hydrogens (primary N) is 1. The molecule has 116 valence electrons. The third kappa shape index (κ3) is 3.35. The topological polar surface area (TPSA) is 64.3 Å². The Morgan fingerprint density at radius 1 is 1.29 bits per heavy atom. The third-order valence-corrected chi connectivity index (χ3v) is 4.67. The predicted molar refractivity (Wildman–Crippen MR) is 83.1 cm³/mol. The summed E-state index contributed by atoms with van der Waals surface area (Å²) in [5.74, 6) is 1.90. The first kappa shape index (κ1) is 14.7. The monoisotopic (exact) mass is 290 g/mol. The van der Waals surface area contributed by atoms with Crippen LogP contribution in [-0.2, 0) is 4.74 Å². The van der Waals surface area contributed by atoms with E-state index in [-0.39, 0.29) is 6.10 Å². The summed E-state index contributed by atoms with van der Waals surface area (Å²) in [6.07, 6.45) is 4.99. The van der Waals surface area contributed by atoms with Crippen LogP contribution in [0.5, 0.6) is 0 Å². The van der Waals surface area contributed by atoms with Crippen LogP contribution in [0.1, 0.15) is 63.1 Å². The average Bonchev–Trinajstić information content (AvgIpc) is 3.01. The highest BCUT2D eigenvalue weighted by molar-refractivity contribution is 5.32. The summed E-state index contributed by atoms with van der Waals surface area (Å²) in [5, 5.41) is 0. The van der Waals surface area contributed by atoms with Crippen LogP contribution in [0.2, 0.25) is 0 Å². The number of morpholine rings is 1. The maximum absolute atomic E-state index is 6.01. The predicted octanol–water partition coefficient (Wildman–Crippen LogP) is 2.50. The Kier molecular flexibility index (Phi) is 4.40. The fourth-order valence-electron chi connectivity index (χ4n) is 3.37. The second kappa shape index (κ2) is 6.28. The Morgan fingerprint density at radius 2 is 2.05 bits per heavy atom. The molecule has 1 aliphatic heterocycles. The minimum absolute atomic E-state index is 0.0511. The van der Waals surface area contributed by atoms with Crippen LogP contribution in [0.4, 0.5) is 5.82 Å². The van der Waals surface area contributed by atoms with Gasteiger partial charge in [-0.1, -0.05) is 12.8 Å². The van der Waals surface area contributed by atoms with Gasteiger partial charge >= 0.3 is 0 Å². The summed E-state index contributed by atoms with van der Waals surface area (Å²) in [6, 6.07) is 2.47. The zero-order valence-corrected chi connectivity index (χ0v) is 13.1. The van der Waals surface area contributed by atoms with Crippen molar-refractivity contribution in [1.82, 2.24) is 14.9 Å². The summed E-state index contributed by atoms with van der Waals surface area (Å²) in [4.78, 5) is 11.6. The van der Waals surface area contributed by atoms with Crippen LogP contribution in [-0.4, -0.2) is 40.6 Å². The van der Waals surface area contributed by atoms with Gasteiger partial charge in [0.2, 0.25) is 0 Å². The fraction of sp³-hybridized carbons (Fsp3) is 0.750. The lowest BCUT2D eigenvalue weighted by atomic mass is 10.0. The molecule has 2 aliphatic rings. The zero-order chi connectivity index (χ0) is 14.8.